The van der Waals surface area contributed by atoms with E-state index in [0.29, 0.717) is 6.54 Å². The van der Waals surface area contributed by atoms with E-state index in [1.807, 2.05) is 31.1 Å². The van der Waals surface area contributed by atoms with Crippen LogP contribution in [0.3, 0.4) is 0 Å². The van der Waals surface area contributed by atoms with Crippen LogP contribution in [0, 0.1) is 0 Å². The van der Waals surface area contributed by atoms with Gasteiger partial charge in [-0.25, -0.2) is 13.4 Å². The molecule has 0 spiro atoms. The normalized spacial score (nSPS) is 19.5. The van der Waals surface area contributed by atoms with Gasteiger partial charge >= 0.3 is 0 Å². The Kier molecular flexibility index (Phi) is 3.88. The van der Waals surface area contributed by atoms with E-state index in [4.69, 9.17) is 0 Å². The molecule has 0 radical (unpaired) electrons. The van der Waals surface area contributed by atoms with Gasteiger partial charge in [0.25, 0.3) is 0 Å². The Morgan fingerprint density at radius 2 is 2.23 bits per heavy atom. The van der Waals surface area contributed by atoms with Crippen LogP contribution >= 0.6 is 0 Å². The molecule has 0 aromatic carbocycles. The lowest BCUT2D eigenvalue weighted by Gasteiger charge is -2.24. The van der Waals surface area contributed by atoms with Gasteiger partial charge in [0.15, 0.2) is 0 Å². The maximum atomic E-state index is 12.7. The lowest BCUT2D eigenvalue weighted by molar-refractivity contribution is 0.396. The Bertz CT molecular complexity index is 742. The number of rotatable bonds is 4. The quantitative estimate of drug-likeness (QED) is 0.920. The van der Waals surface area contributed by atoms with Crippen LogP contribution in [-0.2, 0) is 10.0 Å². The molecule has 2 aromatic heterocycles. The van der Waals surface area contributed by atoms with Crippen molar-refractivity contribution in [2.45, 2.75) is 23.8 Å². The van der Waals surface area contributed by atoms with Gasteiger partial charge < -0.3 is 4.90 Å². The molecule has 2 aromatic rings. The van der Waals surface area contributed by atoms with E-state index in [0.717, 1.165) is 24.2 Å². The Morgan fingerprint density at radius 3 is 2.91 bits per heavy atom. The summed E-state index contributed by atoms with van der Waals surface area (Å²) in [6, 6.07) is 3.69. The van der Waals surface area contributed by atoms with E-state index >= 15 is 0 Å². The first-order valence-corrected chi connectivity index (χ1v) is 8.58. The van der Waals surface area contributed by atoms with Crippen molar-refractivity contribution >= 4 is 15.8 Å². The zero-order valence-electron chi connectivity index (χ0n) is 12.6. The van der Waals surface area contributed by atoms with Gasteiger partial charge in [-0.05, 0) is 30.5 Å². The van der Waals surface area contributed by atoms with Crippen molar-refractivity contribution in [3.63, 3.8) is 0 Å². The largest absolute Gasteiger partial charge is 0.363 e. The van der Waals surface area contributed by atoms with E-state index in [2.05, 4.69) is 15.2 Å². The molecule has 1 aliphatic rings. The number of anilines is 1. The fourth-order valence-electron chi connectivity index (χ4n) is 2.76. The lowest BCUT2D eigenvalue weighted by Crippen LogP contribution is -2.30. The van der Waals surface area contributed by atoms with Crippen molar-refractivity contribution in [1.82, 2.24) is 19.5 Å². The van der Waals surface area contributed by atoms with E-state index in [9.17, 15) is 8.42 Å². The van der Waals surface area contributed by atoms with E-state index < -0.39 is 10.0 Å². The highest BCUT2D eigenvalue weighted by atomic mass is 32.2. The van der Waals surface area contributed by atoms with Gasteiger partial charge in [0.2, 0.25) is 10.0 Å². The summed E-state index contributed by atoms with van der Waals surface area (Å²) in [4.78, 5) is 6.41. The van der Waals surface area contributed by atoms with E-state index in [1.165, 1.54) is 12.4 Å². The van der Waals surface area contributed by atoms with Crippen molar-refractivity contribution in [3.8, 4) is 0 Å². The van der Waals surface area contributed by atoms with Crippen molar-refractivity contribution in [3.05, 3.63) is 36.3 Å². The summed E-state index contributed by atoms with van der Waals surface area (Å²) in [6.45, 7) is 0.526. The van der Waals surface area contributed by atoms with E-state index in [-0.39, 0.29) is 10.9 Å². The number of hydrogen-bond donors (Lipinski definition) is 1. The van der Waals surface area contributed by atoms with Crippen LogP contribution in [0.15, 0.2) is 35.6 Å². The maximum absolute atomic E-state index is 12.7. The topological polar surface area (TPSA) is 82.2 Å². The number of hydrogen-bond acceptors (Lipinski definition) is 5. The van der Waals surface area contributed by atoms with Gasteiger partial charge in [0.1, 0.15) is 10.7 Å². The number of nitrogens with one attached hydrogen (secondary N) is 1. The van der Waals surface area contributed by atoms with Crippen LogP contribution in [-0.4, -0.2) is 48.5 Å². The minimum Gasteiger partial charge on any atom is -0.363 e. The Balaban J connectivity index is 1.96. The number of pyridine rings is 1. The molecule has 8 heteroatoms. The first-order valence-electron chi connectivity index (χ1n) is 7.14. The molecular weight excluding hydrogens is 302 g/mol. The Labute approximate surface area is 130 Å². The number of sulfonamides is 1. The molecule has 1 aliphatic heterocycles. The molecule has 1 fully saturated rings. The van der Waals surface area contributed by atoms with Gasteiger partial charge in [-0.3, -0.25) is 5.10 Å². The average Bonchev–Trinajstić information content (AvgIpc) is 3.19. The fraction of sp³-hybridized carbons (Fsp3) is 0.429. The molecular formula is C14H19N5O2S. The summed E-state index contributed by atoms with van der Waals surface area (Å²) >= 11 is 0. The predicted molar refractivity (Wildman–Crippen MR) is 83.0 cm³/mol. The summed E-state index contributed by atoms with van der Waals surface area (Å²) in [5.41, 5.74) is 0.975. The first-order chi connectivity index (χ1) is 10.5. The van der Waals surface area contributed by atoms with E-state index in [1.54, 1.807) is 10.5 Å². The molecule has 118 valence electrons. The summed E-state index contributed by atoms with van der Waals surface area (Å²) in [6.07, 6.45) is 6.16. The molecule has 0 amide bonds. The van der Waals surface area contributed by atoms with Gasteiger partial charge in [0, 0.05) is 33.0 Å². The van der Waals surface area contributed by atoms with Crippen LogP contribution in [0.5, 0.6) is 0 Å². The van der Waals surface area contributed by atoms with Crippen molar-refractivity contribution in [2.75, 3.05) is 25.5 Å². The van der Waals surface area contributed by atoms with Crippen molar-refractivity contribution in [1.29, 1.82) is 0 Å². The molecule has 1 saturated heterocycles. The lowest BCUT2D eigenvalue weighted by atomic mass is 10.1. The second-order valence-corrected chi connectivity index (χ2v) is 7.44. The third-order valence-corrected chi connectivity index (χ3v) is 5.77. The minimum absolute atomic E-state index is 0.151. The van der Waals surface area contributed by atoms with Crippen molar-refractivity contribution in [2.24, 2.45) is 0 Å². The van der Waals surface area contributed by atoms with Gasteiger partial charge in [-0.2, -0.15) is 9.40 Å². The summed E-state index contributed by atoms with van der Waals surface area (Å²) < 4.78 is 27.0. The average molecular weight is 321 g/mol. The van der Waals surface area contributed by atoms with Gasteiger partial charge in [-0.15, -0.1) is 0 Å². The predicted octanol–water partition coefficient (Wildman–Crippen LogP) is 1.40. The molecule has 3 rings (SSSR count). The molecule has 1 unspecified atom stereocenters. The second-order valence-electron chi connectivity index (χ2n) is 5.55. The summed E-state index contributed by atoms with van der Waals surface area (Å²) in [5, 5.41) is 6.31. The highest BCUT2D eigenvalue weighted by Crippen LogP contribution is 2.36. The molecule has 1 N–H and O–H groups in total. The van der Waals surface area contributed by atoms with Crippen LogP contribution in [0.4, 0.5) is 5.82 Å². The highest BCUT2D eigenvalue weighted by molar-refractivity contribution is 7.89. The number of H-pyrrole nitrogens is 1. The number of aromatic nitrogens is 3. The van der Waals surface area contributed by atoms with Gasteiger partial charge in [0.05, 0.1) is 12.2 Å². The number of aromatic amines is 1. The number of nitrogens with zero attached hydrogens (tertiary/aromatic N) is 4. The van der Waals surface area contributed by atoms with Crippen LogP contribution in [0.1, 0.15) is 24.4 Å². The maximum Gasteiger partial charge on any atom is 0.246 e. The van der Waals surface area contributed by atoms with Crippen LogP contribution in [0.2, 0.25) is 0 Å². The highest BCUT2D eigenvalue weighted by Gasteiger charge is 2.36. The molecule has 22 heavy (non-hydrogen) atoms. The molecule has 0 aliphatic carbocycles. The Hall–Kier alpha value is -1.93. The standard InChI is InChI=1S/C14H19N5O2S/c1-18(2)14-8-11(5-6-15-14)13-4-3-7-19(13)22(20,21)12-9-16-17-10-12/h5-6,8-10,13H,3-4,7H2,1-2H3,(H,16,17). The fourth-order valence-corrected chi connectivity index (χ4v) is 4.35. The first kappa shape index (κ1) is 15.0. The zero-order valence-corrected chi connectivity index (χ0v) is 13.4. The zero-order chi connectivity index (χ0) is 15.7. The van der Waals surface area contributed by atoms with Crippen LogP contribution < -0.4 is 4.90 Å². The summed E-state index contributed by atoms with van der Waals surface area (Å²) in [7, 11) is 0.315. The monoisotopic (exact) mass is 321 g/mol. The molecule has 0 saturated carbocycles. The minimum atomic E-state index is -3.52. The summed E-state index contributed by atoms with van der Waals surface area (Å²) in [5.74, 6) is 0.824. The van der Waals surface area contributed by atoms with Gasteiger partial charge in [-0.1, -0.05) is 0 Å². The van der Waals surface area contributed by atoms with Crippen LogP contribution in [0.25, 0.3) is 0 Å². The molecule has 1 atom stereocenters. The Morgan fingerprint density at radius 1 is 1.41 bits per heavy atom. The molecule has 3 heterocycles. The molecule has 0 bridgehead atoms. The smallest absolute Gasteiger partial charge is 0.246 e. The second kappa shape index (κ2) is 5.69. The third kappa shape index (κ3) is 2.59. The van der Waals surface area contributed by atoms with Crippen molar-refractivity contribution < 1.29 is 8.42 Å². The third-order valence-electron chi connectivity index (χ3n) is 3.90. The molecule has 7 nitrogen and oxygen atoms in total. The SMILES string of the molecule is CN(C)c1cc(C2CCCN2S(=O)(=O)c2cn[nH]c2)ccn1.